The number of rotatable bonds is 4. The number of thiazole rings is 1. The predicted octanol–water partition coefficient (Wildman–Crippen LogP) is 4.52. The summed E-state index contributed by atoms with van der Waals surface area (Å²) in [6.07, 6.45) is 0. The number of H-pyrrole nitrogens is 1. The topological polar surface area (TPSA) is 92.1 Å². The number of hydrogen-bond acceptors (Lipinski definition) is 5. The van der Waals surface area contributed by atoms with Gasteiger partial charge in [0.15, 0.2) is 0 Å². The number of carbonyl (C=O) groups is 1. The second-order valence-electron chi connectivity index (χ2n) is 6.29. The van der Waals surface area contributed by atoms with Crippen molar-refractivity contribution in [3.63, 3.8) is 0 Å². The number of nitrogens with zero attached hydrogens (tertiary/aromatic N) is 3. The molecule has 8 heteroatoms. The summed E-state index contributed by atoms with van der Waals surface area (Å²) in [7, 11) is 1.71. The smallest absolute Gasteiger partial charge is 0.293 e. The summed E-state index contributed by atoms with van der Waals surface area (Å²) < 4.78 is 1.07. The third-order valence-corrected chi connectivity index (χ3v) is 5.84. The lowest BCUT2D eigenvalue weighted by atomic mass is 10.2. The molecule has 4 rings (SSSR count). The Labute approximate surface area is 158 Å². The fourth-order valence-corrected chi connectivity index (χ4v) is 4.07. The van der Waals surface area contributed by atoms with Gasteiger partial charge in [-0.2, -0.15) is 0 Å². The van der Waals surface area contributed by atoms with Gasteiger partial charge in [0, 0.05) is 18.5 Å². The van der Waals surface area contributed by atoms with E-state index in [-0.39, 0.29) is 17.6 Å². The van der Waals surface area contributed by atoms with Crippen molar-refractivity contribution >= 4 is 44.1 Å². The fraction of sp³-hybridized carbons (Fsp3) is 0.158. The minimum atomic E-state index is -0.458. The van der Waals surface area contributed by atoms with Gasteiger partial charge in [-0.3, -0.25) is 14.9 Å². The summed E-state index contributed by atoms with van der Waals surface area (Å²) >= 11 is 1.55. The molecule has 7 nitrogen and oxygen atoms in total. The van der Waals surface area contributed by atoms with E-state index in [1.54, 1.807) is 41.5 Å². The number of aromatic amines is 1. The van der Waals surface area contributed by atoms with Crippen LogP contribution in [0.3, 0.4) is 0 Å². The predicted molar refractivity (Wildman–Crippen MR) is 105 cm³/mol. The van der Waals surface area contributed by atoms with Crippen molar-refractivity contribution in [1.82, 2.24) is 14.9 Å². The third kappa shape index (κ3) is 2.93. The van der Waals surface area contributed by atoms with Crippen LogP contribution in [-0.4, -0.2) is 32.7 Å². The number of hydrogen-bond donors (Lipinski definition) is 1. The van der Waals surface area contributed by atoms with Crippen LogP contribution in [0.5, 0.6) is 0 Å². The van der Waals surface area contributed by atoms with E-state index in [0.29, 0.717) is 16.6 Å². The highest BCUT2D eigenvalue weighted by atomic mass is 32.1. The normalized spacial score (nSPS) is 12.4. The zero-order chi connectivity index (χ0) is 19.1. The Balaban J connectivity index is 1.66. The van der Waals surface area contributed by atoms with Crippen LogP contribution >= 0.6 is 11.3 Å². The Hall–Kier alpha value is -3.26. The number of fused-ring (bicyclic) bond motifs is 2. The quantitative estimate of drug-likeness (QED) is 0.416. The molecule has 0 saturated carbocycles. The molecule has 136 valence electrons. The zero-order valence-electron chi connectivity index (χ0n) is 14.7. The number of nitro groups is 1. The van der Waals surface area contributed by atoms with Crippen LogP contribution < -0.4 is 0 Å². The number of non-ortho nitro benzene ring substituents is 1. The molecule has 1 amide bonds. The molecule has 0 aliphatic rings. The molecule has 2 aromatic heterocycles. The SMILES string of the molecule is CC(c1nc2ccccc2s1)N(C)C(=O)c1cc2cccc([N+](=O)[O-])c2[nH]1. The summed E-state index contributed by atoms with van der Waals surface area (Å²) in [4.78, 5) is 32.8. The van der Waals surface area contributed by atoms with Gasteiger partial charge in [0.25, 0.3) is 11.6 Å². The van der Waals surface area contributed by atoms with Gasteiger partial charge >= 0.3 is 0 Å². The van der Waals surface area contributed by atoms with Crippen molar-refractivity contribution in [2.45, 2.75) is 13.0 Å². The molecule has 4 aromatic rings. The molecule has 0 aliphatic carbocycles. The van der Waals surface area contributed by atoms with Crippen LogP contribution in [0.15, 0.2) is 48.5 Å². The van der Waals surface area contributed by atoms with Crippen molar-refractivity contribution in [2.24, 2.45) is 0 Å². The standard InChI is InChI=1S/C19H16N4O3S/c1-11(18-21-13-7-3-4-9-16(13)27-18)22(2)19(24)14-10-12-6-5-8-15(23(25)26)17(12)20-14/h3-11,20H,1-2H3. The lowest BCUT2D eigenvalue weighted by Gasteiger charge is -2.22. The van der Waals surface area contributed by atoms with Gasteiger partial charge in [-0.25, -0.2) is 4.98 Å². The van der Waals surface area contributed by atoms with Gasteiger partial charge in [-0.05, 0) is 25.1 Å². The van der Waals surface area contributed by atoms with E-state index in [4.69, 9.17) is 0 Å². The van der Waals surface area contributed by atoms with E-state index in [1.807, 2.05) is 31.2 Å². The zero-order valence-corrected chi connectivity index (χ0v) is 15.5. The molecular formula is C19H16N4O3S. The first-order valence-corrected chi connectivity index (χ1v) is 9.16. The van der Waals surface area contributed by atoms with Crippen molar-refractivity contribution in [3.05, 3.63) is 69.3 Å². The molecule has 0 aliphatic heterocycles. The van der Waals surface area contributed by atoms with Crippen LogP contribution in [-0.2, 0) is 0 Å². The van der Waals surface area contributed by atoms with E-state index >= 15 is 0 Å². The Morgan fingerprint density at radius 2 is 2.04 bits per heavy atom. The molecule has 0 spiro atoms. The molecule has 0 bridgehead atoms. The highest BCUT2D eigenvalue weighted by Gasteiger charge is 2.24. The molecule has 0 fully saturated rings. The Bertz CT molecular complexity index is 1150. The van der Waals surface area contributed by atoms with Crippen molar-refractivity contribution in [2.75, 3.05) is 7.05 Å². The first kappa shape index (κ1) is 17.2. The monoisotopic (exact) mass is 380 g/mol. The minimum absolute atomic E-state index is 0.0478. The number of carbonyl (C=O) groups excluding carboxylic acids is 1. The first-order valence-electron chi connectivity index (χ1n) is 8.34. The Kier molecular flexibility index (Phi) is 4.12. The van der Waals surface area contributed by atoms with E-state index in [0.717, 1.165) is 15.2 Å². The molecule has 1 unspecified atom stereocenters. The highest BCUT2D eigenvalue weighted by molar-refractivity contribution is 7.18. The van der Waals surface area contributed by atoms with E-state index < -0.39 is 4.92 Å². The molecule has 27 heavy (non-hydrogen) atoms. The van der Waals surface area contributed by atoms with Gasteiger partial charge in [0.1, 0.15) is 16.2 Å². The number of aromatic nitrogens is 2. The maximum absolute atomic E-state index is 12.9. The van der Waals surface area contributed by atoms with Crippen LogP contribution in [0.1, 0.15) is 28.5 Å². The summed E-state index contributed by atoms with van der Waals surface area (Å²) in [5, 5.41) is 12.7. The van der Waals surface area contributed by atoms with E-state index in [9.17, 15) is 14.9 Å². The van der Waals surface area contributed by atoms with Gasteiger partial charge in [-0.15, -0.1) is 11.3 Å². The largest absolute Gasteiger partial charge is 0.345 e. The van der Waals surface area contributed by atoms with Crippen LogP contribution in [0.25, 0.3) is 21.1 Å². The number of nitro benzene ring substituents is 1. The maximum atomic E-state index is 12.9. The number of benzene rings is 2. The summed E-state index contributed by atoms with van der Waals surface area (Å²) in [6.45, 7) is 1.92. The van der Waals surface area contributed by atoms with Gasteiger partial charge in [-0.1, -0.05) is 24.3 Å². The van der Waals surface area contributed by atoms with Gasteiger partial charge in [0.05, 0.1) is 21.2 Å². The van der Waals surface area contributed by atoms with E-state index in [1.165, 1.54) is 6.07 Å². The molecule has 0 radical (unpaired) electrons. The summed E-state index contributed by atoms with van der Waals surface area (Å²) in [5.74, 6) is -0.243. The molecule has 2 heterocycles. The van der Waals surface area contributed by atoms with Crippen LogP contribution in [0.4, 0.5) is 5.69 Å². The van der Waals surface area contributed by atoms with Gasteiger partial charge in [0.2, 0.25) is 0 Å². The fourth-order valence-electron chi connectivity index (χ4n) is 3.01. The molecular weight excluding hydrogens is 364 g/mol. The summed E-state index contributed by atoms with van der Waals surface area (Å²) in [6, 6.07) is 14.0. The summed E-state index contributed by atoms with van der Waals surface area (Å²) in [5.41, 5.74) is 1.53. The average molecular weight is 380 g/mol. The molecule has 0 saturated heterocycles. The maximum Gasteiger partial charge on any atom is 0.293 e. The van der Waals surface area contributed by atoms with Crippen molar-refractivity contribution in [1.29, 1.82) is 0 Å². The average Bonchev–Trinajstić information content (AvgIpc) is 3.29. The Morgan fingerprint density at radius 1 is 1.26 bits per heavy atom. The molecule has 1 atom stereocenters. The van der Waals surface area contributed by atoms with Crippen molar-refractivity contribution in [3.8, 4) is 0 Å². The lowest BCUT2D eigenvalue weighted by Crippen LogP contribution is -2.29. The second kappa shape index (κ2) is 6.48. The Morgan fingerprint density at radius 3 is 2.78 bits per heavy atom. The van der Waals surface area contributed by atoms with Crippen LogP contribution in [0.2, 0.25) is 0 Å². The number of para-hydroxylation sites is 2. The van der Waals surface area contributed by atoms with Gasteiger partial charge < -0.3 is 9.88 Å². The number of nitrogens with one attached hydrogen (secondary N) is 1. The third-order valence-electron chi connectivity index (χ3n) is 4.63. The van der Waals surface area contributed by atoms with Crippen molar-refractivity contribution < 1.29 is 9.72 Å². The first-order chi connectivity index (χ1) is 13.0. The second-order valence-corrected chi connectivity index (χ2v) is 7.36. The van der Waals surface area contributed by atoms with E-state index in [2.05, 4.69) is 9.97 Å². The molecule has 1 N–H and O–H groups in total. The molecule has 2 aromatic carbocycles. The highest BCUT2D eigenvalue weighted by Crippen LogP contribution is 2.30. The lowest BCUT2D eigenvalue weighted by molar-refractivity contribution is -0.383. The minimum Gasteiger partial charge on any atom is -0.345 e. The number of amides is 1. The van der Waals surface area contributed by atoms with Crippen LogP contribution in [0, 0.1) is 10.1 Å².